The summed E-state index contributed by atoms with van der Waals surface area (Å²) in [4.78, 5) is 2.34. The molecule has 0 bridgehead atoms. The number of rotatable bonds is 5. The molecular formula is C58H37N3. The van der Waals surface area contributed by atoms with Gasteiger partial charge in [0.1, 0.15) is 0 Å². The molecule has 0 N–H and O–H groups in total. The van der Waals surface area contributed by atoms with E-state index in [2.05, 4.69) is 238 Å². The molecule has 0 aliphatic carbocycles. The van der Waals surface area contributed by atoms with Gasteiger partial charge in [-0.25, -0.2) is 0 Å². The Balaban J connectivity index is 1.04. The Morgan fingerprint density at radius 3 is 1.28 bits per heavy atom. The van der Waals surface area contributed by atoms with Gasteiger partial charge in [0.2, 0.25) is 0 Å². The lowest BCUT2D eigenvalue weighted by Crippen LogP contribution is -2.09. The van der Waals surface area contributed by atoms with Crippen LogP contribution in [0.25, 0.3) is 98.1 Å². The Labute approximate surface area is 352 Å². The van der Waals surface area contributed by atoms with Crippen molar-refractivity contribution in [2.24, 2.45) is 0 Å². The fraction of sp³-hybridized carbons (Fsp3) is 0. The van der Waals surface area contributed by atoms with Crippen molar-refractivity contribution in [1.29, 1.82) is 0 Å². The molecule has 61 heavy (non-hydrogen) atoms. The molecule has 0 atom stereocenters. The van der Waals surface area contributed by atoms with Crippen molar-refractivity contribution in [3.63, 3.8) is 0 Å². The van der Waals surface area contributed by atoms with Gasteiger partial charge in [0.05, 0.1) is 22.1 Å². The topological polar surface area (TPSA) is 13.1 Å². The smallest absolute Gasteiger partial charge is 0.0626 e. The van der Waals surface area contributed by atoms with Crippen molar-refractivity contribution < 1.29 is 0 Å². The number of para-hydroxylation sites is 4. The van der Waals surface area contributed by atoms with Gasteiger partial charge in [-0.1, -0.05) is 146 Å². The van der Waals surface area contributed by atoms with Crippen molar-refractivity contribution in [2.45, 2.75) is 0 Å². The summed E-state index contributed by atoms with van der Waals surface area (Å²) in [5.41, 5.74) is 10.4. The minimum atomic E-state index is 1.12. The lowest BCUT2D eigenvalue weighted by Gasteiger charge is -2.25. The van der Waals surface area contributed by atoms with E-state index in [0.717, 1.165) is 28.4 Å². The van der Waals surface area contributed by atoms with Crippen LogP contribution in [0.15, 0.2) is 224 Å². The second kappa shape index (κ2) is 13.2. The number of nitrogens with zero attached hydrogens (tertiary/aromatic N) is 3. The minimum absolute atomic E-state index is 1.12. The van der Waals surface area contributed by atoms with Gasteiger partial charge in [-0.2, -0.15) is 0 Å². The first-order chi connectivity index (χ1) is 30.3. The molecule has 13 rings (SSSR count). The summed E-state index contributed by atoms with van der Waals surface area (Å²) in [6.07, 6.45) is 0. The van der Waals surface area contributed by atoms with Gasteiger partial charge in [0, 0.05) is 60.8 Å². The normalized spacial score (nSPS) is 11.9. The van der Waals surface area contributed by atoms with Crippen LogP contribution in [0.4, 0.5) is 17.1 Å². The second-order valence-corrected chi connectivity index (χ2v) is 16.0. The third-order valence-electron chi connectivity index (χ3n) is 12.8. The summed E-state index contributed by atoms with van der Waals surface area (Å²) in [5.74, 6) is 0. The maximum absolute atomic E-state index is 2.50. The van der Waals surface area contributed by atoms with Gasteiger partial charge in [-0.3, -0.25) is 0 Å². The molecule has 0 aliphatic rings. The summed E-state index contributed by atoms with van der Waals surface area (Å²) in [6.45, 7) is 0. The summed E-state index contributed by atoms with van der Waals surface area (Å²) in [6, 6.07) is 82.0. The molecule has 0 amide bonds. The first-order valence-corrected chi connectivity index (χ1v) is 21.0. The fourth-order valence-corrected chi connectivity index (χ4v) is 10.3. The van der Waals surface area contributed by atoms with E-state index < -0.39 is 0 Å². The molecule has 284 valence electrons. The lowest BCUT2D eigenvalue weighted by atomic mass is 9.88. The van der Waals surface area contributed by atoms with Gasteiger partial charge in [0.25, 0.3) is 0 Å². The van der Waals surface area contributed by atoms with Crippen LogP contribution in [0.1, 0.15) is 0 Å². The molecule has 2 aromatic heterocycles. The standard InChI is InChI=1S/C58H37N3/c1-3-17-38(18-4-1)59(39-19-5-2-6-20-39)42-35-36-54-51(37-42)45-23-13-15-29-52(45)60(54)40-31-33-41(34-32-40)61-53-30-16-14-28-50(53)57-56-47-25-10-8-22-44(47)43-21-7-9-24-46(43)55(56)48-26-11-12-27-49(48)58(57)61/h1-37H. The Morgan fingerprint density at radius 2 is 0.672 bits per heavy atom. The van der Waals surface area contributed by atoms with E-state index >= 15 is 0 Å². The van der Waals surface area contributed by atoms with Gasteiger partial charge < -0.3 is 14.0 Å². The van der Waals surface area contributed by atoms with E-state index in [-0.39, 0.29) is 0 Å². The summed E-state index contributed by atoms with van der Waals surface area (Å²) in [5, 5.41) is 15.3. The third kappa shape index (κ3) is 4.92. The predicted octanol–water partition coefficient (Wildman–Crippen LogP) is 16.0. The SMILES string of the molecule is c1ccc(N(c2ccccc2)c2ccc3c(c2)c2ccccc2n3-c2ccc(-n3c4ccccc4c4c5c6ccccc6c6ccccc6c5c5ccccc5c43)cc2)cc1. The maximum atomic E-state index is 2.50. The van der Waals surface area contributed by atoms with E-state index in [0.29, 0.717) is 0 Å². The molecule has 0 saturated carbocycles. The van der Waals surface area contributed by atoms with Gasteiger partial charge in [-0.05, 0) is 111 Å². The Bertz CT molecular complexity index is 3820. The number of hydrogen-bond donors (Lipinski definition) is 0. The quantitative estimate of drug-likeness (QED) is 0.159. The zero-order valence-electron chi connectivity index (χ0n) is 33.2. The van der Waals surface area contributed by atoms with Crippen molar-refractivity contribution in [3.05, 3.63) is 224 Å². The molecule has 0 saturated heterocycles. The van der Waals surface area contributed by atoms with Crippen LogP contribution in [-0.4, -0.2) is 9.13 Å². The highest BCUT2D eigenvalue weighted by Gasteiger charge is 2.23. The van der Waals surface area contributed by atoms with Crippen LogP contribution in [0.5, 0.6) is 0 Å². The largest absolute Gasteiger partial charge is 0.310 e. The monoisotopic (exact) mass is 775 g/mol. The highest BCUT2D eigenvalue weighted by Crippen LogP contribution is 2.48. The highest BCUT2D eigenvalue weighted by atomic mass is 15.1. The first kappa shape index (κ1) is 33.8. The third-order valence-corrected chi connectivity index (χ3v) is 12.8. The fourth-order valence-electron chi connectivity index (χ4n) is 10.3. The molecule has 0 spiro atoms. The molecule has 0 radical (unpaired) electrons. The number of anilines is 3. The molecule has 0 unspecified atom stereocenters. The first-order valence-electron chi connectivity index (χ1n) is 21.0. The van der Waals surface area contributed by atoms with Crippen molar-refractivity contribution in [2.75, 3.05) is 4.90 Å². The molecule has 0 aliphatic heterocycles. The van der Waals surface area contributed by atoms with Crippen LogP contribution in [0, 0.1) is 0 Å². The van der Waals surface area contributed by atoms with E-state index in [1.54, 1.807) is 0 Å². The van der Waals surface area contributed by atoms with Crippen molar-refractivity contribution >= 4 is 104 Å². The predicted molar refractivity (Wildman–Crippen MR) is 260 cm³/mol. The Morgan fingerprint density at radius 1 is 0.246 bits per heavy atom. The van der Waals surface area contributed by atoms with Crippen LogP contribution in [-0.2, 0) is 0 Å². The van der Waals surface area contributed by atoms with Crippen LogP contribution in [0.3, 0.4) is 0 Å². The summed E-state index contributed by atoms with van der Waals surface area (Å²) >= 11 is 0. The highest BCUT2D eigenvalue weighted by molar-refractivity contribution is 6.42. The Kier molecular flexibility index (Phi) is 7.31. The number of aromatic nitrogens is 2. The van der Waals surface area contributed by atoms with E-state index in [1.165, 1.54) is 86.7 Å². The number of hydrogen-bond acceptors (Lipinski definition) is 1. The van der Waals surface area contributed by atoms with E-state index in [1.807, 2.05) is 0 Å². The van der Waals surface area contributed by atoms with Gasteiger partial charge in [0.15, 0.2) is 0 Å². The number of benzene rings is 11. The molecule has 3 nitrogen and oxygen atoms in total. The van der Waals surface area contributed by atoms with Gasteiger partial charge >= 0.3 is 0 Å². The second-order valence-electron chi connectivity index (χ2n) is 16.0. The Hall–Kier alpha value is -8.14. The molecule has 2 heterocycles. The molecule has 0 fully saturated rings. The van der Waals surface area contributed by atoms with Crippen molar-refractivity contribution in [1.82, 2.24) is 9.13 Å². The van der Waals surface area contributed by atoms with Crippen LogP contribution in [0.2, 0.25) is 0 Å². The summed E-state index contributed by atoms with van der Waals surface area (Å²) < 4.78 is 4.92. The maximum Gasteiger partial charge on any atom is 0.0626 e. The summed E-state index contributed by atoms with van der Waals surface area (Å²) in [7, 11) is 0. The minimum Gasteiger partial charge on any atom is -0.310 e. The molecule has 13 aromatic rings. The molecule has 3 heteroatoms. The zero-order chi connectivity index (χ0) is 40.0. The lowest BCUT2D eigenvalue weighted by molar-refractivity contribution is 1.15. The van der Waals surface area contributed by atoms with Gasteiger partial charge in [-0.15, -0.1) is 0 Å². The zero-order valence-corrected chi connectivity index (χ0v) is 33.2. The van der Waals surface area contributed by atoms with Crippen LogP contribution < -0.4 is 4.90 Å². The molecule has 11 aromatic carbocycles. The average Bonchev–Trinajstić information content (AvgIpc) is 3.86. The van der Waals surface area contributed by atoms with E-state index in [4.69, 9.17) is 0 Å². The van der Waals surface area contributed by atoms with Crippen LogP contribution >= 0.6 is 0 Å². The van der Waals surface area contributed by atoms with Crippen molar-refractivity contribution in [3.8, 4) is 11.4 Å². The van der Waals surface area contributed by atoms with E-state index in [9.17, 15) is 0 Å². The average molecular weight is 776 g/mol. The molecular weight excluding hydrogens is 739 g/mol. The number of fused-ring (bicyclic) bond motifs is 16.